The molecule has 0 amide bonds. The molecule has 24 heavy (non-hydrogen) atoms. The summed E-state index contributed by atoms with van der Waals surface area (Å²) in [5.74, 6) is 0. The lowest BCUT2D eigenvalue weighted by atomic mass is 10.2. The zero-order valence-electron chi connectivity index (χ0n) is 12.4. The summed E-state index contributed by atoms with van der Waals surface area (Å²) in [5, 5.41) is 6.64. The fourth-order valence-corrected chi connectivity index (χ4v) is 3.30. The number of nitrogens with zero attached hydrogens (tertiary/aromatic N) is 2. The number of sulfonamides is 1. The zero-order chi connectivity index (χ0) is 17.5. The number of hydrogen-bond acceptors (Lipinski definition) is 4. The summed E-state index contributed by atoms with van der Waals surface area (Å²) >= 11 is 12.5. The van der Waals surface area contributed by atoms with E-state index < -0.39 is 10.0 Å². The normalized spacial score (nSPS) is 11.8. The van der Waals surface area contributed by atoms with Crippen LogP contribution in [0, 0.1) is 0 Å². The van der Waals surface area contributed by atoms with Gasteiger partial charge in [-0.25, -0.2) is 13.1 Å². The van der Waals surface area contributed by atoms with Gasteiger partial charge in [-0.2, -0.15) is 5.10 Å². The molecule has 1 heterocycles. The van der Waals surface area contributed by atoms with Crippen LogP contribution in [-0.4, -0.2) is 24.5 Å². The molecule has 0 aliphatic heterocycles. The van der Waals surface area contributed by atoms with Crippen molar-refractivity contribution in [1.29, 1.82) is 0 Å². The molecule has 0 aliphatic carbocycles. The highest BCUT2D eigenvalue weighted by molar-refractivity contribution is 7.88. The third kappa shape index (κ3) is 3.50. The first kappa shape index (κ1) is 17.5. The minimum atomic E-state index is -3.39. The fraction of sp³-hybridized carbons (Fsp3) is 0.0714. The molecule has 0 radical (unpaired) electrons. The summed E-state index contributed by atoms with van der Waals surface area (Å²) in [7, 11) is -0.865. The Kier molecular flexibility index (Phi) is 4.73. The van der Waals surface area contributed by atoms with E-state index >= 15 is 0 Å². The summed E-state index contributed by atoms with van der Waals surface area (Å²) in [6.45, 7) is 0. The lowest BCUT2D eigenvalue weighted by Gasteiger charge is -2.13. The summed E-state index contributed by atoms with van der Waals surface area (Å²) in [4.78, 5) is 2.21. The van der Waals surface area contributed by atoms with Gasteiger partial charge in [-0.05, 0) is 29.6 Å². The average molecular weight is 403 g/mol. The van der Waals surface area contributed by atoms with Crippen molar-refractivity contribution >= 4 is 64.4 Å². The molecule has 0 fully saturated rings. The maximum atomic E-state index is 11.2. The topological polar surface area (TPSA) is 76.0 Å². The number of nitrogens with one attached hydrogen (secondary N) is 2. The van der Waals surface area contributed by atoms with Crippen LogP contribution < -0.4 is 15.6 Å². The van der Waals surface area contributed by atoms with Crippen molar-refractivity contribution in [1.82, 2.24) is 14.6 Å². The minimum absolute atomic E-state index is 0.382. The molecule has 6 nitrogen and oxygen atoms in total. The Morgan fingerprint density at radius 3 is 2.62 bits per heavy atom. The van der Waals surface area contributed by atoms with Gasteiger partial charge in [-0.1, -0.05) is 35.3 Å². The molecule has 0 bridgehead atoms. The van der Waals surface area contributed by atoms with Crippen molar-refractivity contribution in [3.05, 3.63) is 46.6 Å². The van der Waals surface area contributed by atoms with Crippen molar-refractivity contribution in [2.75, 3.05) is 11.7 Å². The summed E-state index contributed by atoms with van der Waals surface area (Å²) in [6, 6.07) is 10.9. The average Bonchev–Trinajstić information content (AvgIpc) is 2.84. The van der Waals surface area contributed by atoms with Gasteiger partial charge in [0.25, 0.3) is 0 Å². The molecule has 0 spiro atoms. The van der Waals surface area contributed by atoms with E-state index in [1.807, 2.05) is 24.3 Å². The second-order valence-electron chi connectivity index (χ2n) is 5.11. The van der Waals surface area contributed by atoms with Crippen LogP contribution in [0.5, 0.6) is 0 Å². The zero-order valence-corrected chi connectivity index (χ0v) is 15.9. The Balaban J connectivity index is 2.07. The molecule has 2 aromatic carbocycles. The lowest BCUT2D eigenvalue weighted by molar-refractivity contribution is 0.594. The van der Waals surface area contributed by atoms with Gasteiger partial charge in [0.2, 0.25) is 10.0 Å². The SMILES string of the molecule is CS(=O)(=O)NNc1cc(Cl)c(-n2nc(Cl)c3ccccc32)cc1P. The van der Waals surface area contributed by atoms with E-state index in [-0.39, 0.29) is 0 Å². The van der Waals surface area contributed by atoms with E-state index in [4.69, 9.17) is 23.2 Å². The number of benzene rings is 2. The number of hydrogen-bond donors (Lipinski definition) is 2. The number of para-hydroxylation sites is 1. The molecule has 3 rings (SSSR count). The van der Waals surface area contributed by atoms with E-state index in [9.17, 15) is 8.42 Å². The van der Waals surface area contributed by atoms with E-state index in [0.717, 1.165) is 17.2 Å². The Hall–Kier alpha value is -1.37. The molecule has 2 N–H and O–H groups in total. The van der Waals surface area contributed by atoms with Crippen molar-refractivity contribution in [3.63, 3.8) is 0 Å². The number of aromatic nitrogens is 2. The first-order valence-electron chi connectivity index (χ1n) is 6.72. The molecular weight excluding hydrogens is 390 g/mol. The third-order valence-electron chi connectivity index (χ3n) is 3.26. The van der Waals surface area contributed by atoms with Gasteiger partial charge in [0.1, 0.15) is 0 Å². The van der Waals surface area contributed by atoms with Crippen LogP contribution in [0.4, 0.5) is 5.69 Å². The van der Waals surface area contributed by atoms with Gasteiger partial charge in [0, 0.05) is 5.39 Å². The molecule has 0 saturated heterocycles. The smallest absolute Gasteiger partial charge is 0.225 e. The molecule has 3 aromatic rings. The van der Waals surface area contributed by atoms with E-state index in [1.165, 1.54) is 0 Å². The molecule has 0 saturated carbocycles. The largest absolute Gasteiger partial charge is 0.307 e. The maximum absolute atomic E-state index is 11.2. The van der Waals surface area contributed by atoms with Crippen molar-refractivity contribution in [3.8, 4) is 5.69 Å². The Morgan fingerprint density at radius 1 is 1.21 bits per heavy atom. The van der Waals surface area contributed by atoms with Crippen LogP contribution in [0.15, 0.2) is 36.4 Å². The molecule has 0 aliphatic rings. The van der Waals surface area contributed by atoms with Gasteiger partial charge in [0.15, 0.2) is 5.15 Å². The Labute approximate surface area is 151 Å². The van der Waals surface area contributed by atoms with Crippen LogP contribution in [0.2, 0.25) is 10.2 Å². The standard InChI is InChI=1S/C14H13Cl2N4O2PS/c1-24(21,22)19-17-10-6-9(15)12(7-13(10)23)20-11-5-3-2-4-8(11)14(16)18-20/h2-7,17,19H,23H2,1H3. The third-order valence-corrected chi connectivity index (χ3v) is 4.79. The van der Waals surface area contributed by atoms with Crippen LogP contribution in [0.25, 0.3) is 16.6 Å². The molecule has 10 heteroatoms. The summed E-state index contributed by atoms with van der Waals surface area (Å²) < 4.78 is 24.0. The van der Waals surface area contributed by atoms with E-state index in [1.54, 1.807) is 16.8 Å². The highest BCUT2D eigenvalue weighted by Crippen LogP contribution is 2.30. The molecular formula is C14H13Cl2N4O2PS. The molecule has 1 unspecified atom stereocenters. The van der Waals surface area contributed by atoms with Crippen LogP contribution in [-0.2, 0) is 10.0 Å². The minimum Gasteiger partial charge on any atom is -0.307 e. The number of anilines is 1. The van der Waals surface area contributed by atoms with Crippen LogP contribution >= 0.6 is 32.4 Å². The van der Waals surface area contributed by atoms with E-state index in [2.05, 4.69) is 24.6 Å². The first-order chi connectivity index (χ1) is 11.3. The predicted octanol–water partition coefficient (Wildman–Crippen LogP) is 2.71. The fourth-order valence-electron chi connectivity index (χ4n) is 2.21. The number of hydrazine groups is 1. The second-order valence-corrected chi connectivity index (χ2v) is 8.25. The van der Waals surface area contributed by atoms with Crippen LogP contribution in [0.3, 0.4) is 0 Å². The highest BCUT2D eigenvalue weighted by Gasteiger charge is 2.14. The lowest BCUT2D eigenvalue weighted by Crippen LogP contribution is -2.29. The molecule has 1 aromatic heterocycles. The van der Waals surface area contributed by atoms with Crippen molar-refractivity contribution in [2.45, 2.75) is 0 Å². The Bertz CT molecular complexity index is 1040. The van der Waals surface area contributed by atoms with Crippen molar-refractivity contribution in [2.24, 2.45) is 0 Å². The molecule has 1 atom stereocenters. The van der Waals surface area contributed by atoms with Gasteiger partial charge in [0.05, 0.1) is 28.2 Å². The van der Waals surface area contributed by atoms with Crippen LogP contribution in [0.1, 0.15) is 0 Å². The molecule has 126 valence electrons. The Morgan fingerprint density at radius 2 is 1.92 bits per heavy atom. The number of fused-ring (bicyclic) bond motifs is 1. The van der Waals surface area contributed by atoms with Gasteiger partial charge >= 0.3 is 0 Å². The van der Waals surface area contributed by atoms with Crippen molar-refractivity contribution < 1.29 is 8.42 Å². The first-order valence-corrected chi connectivity index (χ1v) is 9.94. The summed E-state index contributed by atoms with van der Waals surface area (Å²) in [5.41, 5.74) is 4.59. The monoisotopic (exact) mass is 402 g/mol. The number of rotatable bonds is 4. The quantitative estimate of drug-likeness (QED) is 0.519. The predicted molar refractivity (Wildman–Crippen MR) is 102 cm³/mol. The highest BCUT2D eigenvalue weighted by atomic mass is 35.5. The van der Waals surface area contributed by atoms with Gasteiger partial charge in [-0.3, -0.25) is 0 Å². The maximum Gasteiger partial charge on any atom is 0.225 e. The van der Waals surface area contributed by atoms with Gasteiger partial charge < -0.3 is 5.43 Å². The second kappa shape index (κ2) is 6.50. The van der Waals surface area contributed by atoms with E-state index in [0.29, 0.717) is 26.9 Å². The van der Waals surface area contributed by atoms with Gasteiger partial charge in [-0.15, -0.1) is 14.1 Å². The number of halogens is 2. The summed E-state index contributed by atoms with van der Waals surface area (Å²) in [6.07, 6.45) is 1.05.